The highest BCUT2D eigenvalue weighted by Crippen LogP contribution is 2.22. The van der Waals surface area contributed by atoms with Gasteiger partial charge in [0.1, 0.15) is 0 Å². The molecule has 2 aromatic rings. The van der Waals surface area contributed by atoms with Gasteiger partial charge in [-0.15, -0.1) is 0 Å². The lowest BCUT2D eigenvalue weighted by Crippen LogP contribution is -2.17. The zero-order valence-corrected chi connectivity index (χ0v) is 11.3. The van der Waals surface area contributed by atoms with Crippen LogP contribution in [0.15, 0.2) is 42.7 Å². The molecule has 3 nitrogen and oxygen atoms in total. The van der Waals surface area contributed by atoms with Crippen LogP contribution in [0.5, 0.6) is 0 Å². The number of benzene rings is 1. The first-order chi connectivity index (χ1) is 9.36. The van der Waals surface area contributed by atoms with Gasteiger partial charge in [0.15, 0.2) is 0 Å². The minimum atomic E-state index is 0.706. The predicted octanol–water partition coefficient (Wildman–Crippen LogP) is 2.58. The van der Waals surface area contributed by atoms with Gasteiger partial charge in [-0.05, 0) is 61.7 Å². The van der Waals surface area contributed by atoms with E-state index in [9.17, 15) is 0 Å². The van der Waals surface area contributed by atoms with E-state index in [1.54, 1.807) is 0 Å². The zero-order chi connectivity index (χ0) is 13.1. The SMILES string of the molecule is NCCc1ccn(-c2ccc(N3CCCC3)cc2)c1. The summed E-state index contributed by atoms with van der Waals surface area (Å²) in [6.45, 7) is 3.10. The van der Waals surface area contributed by atoms with Crippen molar-refractivity contribution in [3.63, 3.8) is 0 Å². The van der Waals surface area contributed by atoms with Crippen molar-refractivity contribution in [3.8, 4) is 5.69 Å². The molecule has 0 spiro atoms. The first kappa shape index (κ1) is 12.3. The molecule has 2 heterocycles. The maximum absolute atomic E-state index is 5.58. The maximum Gasteiger partial charge on any atom is 0.0450 e. The molecule has 3 rings (SSSR count). The highest BCUT2D eigenvalue weighted by molar-refractivity contribution is 5.51. The van der Waals surface area contributed by atoms with Crippen LogP contribution in [-0.4, -0.2) is 24.2 Å². The van der Waals surface area contributed by atoms with Crippen LogP contribution in [0, 0.1) is 0 Å². The van der Waals surface area contributed by atoms with E-state index in [1.807, 2.05) is 0 Å². The van der Waals surface area contributed by atoms with Gasteiger partial charge in [-0.25, -0.2) is 0 Å². The third-order valence-corrected chi connectivity index (χ3v) is 3.81. The summed E-state index contributed by atoms with van der Waals surface area (Å²) in [6, 6.07) is 11.0. The van der Waals surface area contributed by atoms with Gasteiger partial charge < -0.3 is 15.2 Å². The summed E-state index contributed by atoms with van der Waals surface area (Å²) in [7, 11) is 0. The van der Waals surface area contributed by atoms with Crippen LogP contribution in [0.3, 0.4) is 0 Å². The Morgan fingerprint density at radius 3 is 2.32 bits per heavy atom. The van der Waals surface area contributed by atoms with E-state index in [1.165, 1.54) is 42.9 Å². The largest absolute Gasteiger partial charge is 0.372 e. The molecule has 0 radical (unpaired) electrons. The summed E-state index contributed by atoms with van der Waals surface area (Å²) in [5.41, 5.74) is 9.44. The highest BCUT2D eigenvalue weighted by Gasteiger charge is 2.11. The van der Waals surface area contributed by atoms with E-state index in [2.05, 4.69) is 52.2 Å². The third-order valence-electron chi connectivity index (χ3n) is 3.81. The minimum Gasteiger partial charge on any atom is -0.372 e. The molecule has 1 aliphatic heterocycles. The van der Waals surface area contributed by atoms with Crippen molar-refractivity contribution in [2.45, 2.75) is 19.3 Å². The summed E-state index contributed by atoms with van der Waals surface area (Å²) in [6.07, 6.45) is 7.86. The molecule has 1 aliphatic rings. The van der Waals surface area contributed by atoms with E-state index in [4.69, 9.17) is 5.73 Å². The van der Waals surface area contributed by atoms with Crippen molar-refractivity contribution in [3.05, 3.63) is 48.3 Å². The van der Waals surface area contributed by atoms with Gasteiger partial charge in [0.05, 0.1) is 0 Å². The average molecular weight is 255 g/mol. The first-order valence-corrected chi connectivity index (χ1v) is 7.09. The van der Waals surface area contributed by atoms with Crippen LogP contribution in [0.4, 0.5) is 5.69 Å². The molecule has 0 amide bonds. The van der Waals surface area contributed by atoms with E-state index in [0.717, 1.165) is 6.42 Å². The van der Waals surface area contributed by atoms with Crippen molar-refractivity contribution in [2.24, 2.45) is 5.73 Å². The lowest BCUT2D eigenvalue weighted by atomic mass is 10.2. The summed E-state index contributed by atoms with van der Waals surface area (Å²) >= 11 is 0. The fourth-order valence-electron chi connectivity index (χ4n) is 2.73. The Hall–Kier alpha value is -1.74. The number of hydrogen-bond acceptors (Lipinski definition) is 2. The van der Waals surface area contributed by atoms with Crippen molar-refractivity contribution >= 4 is 5.69 Å². The molecule has 0 unspecified atom stereocenters. The predicted molar refractivity (Wildman–Crippen MR) is 80.0 cm³/mol. The number of anilines is 1. The van der Waals surface area contributed by atoms with Crippen LogP contribution in [0.1, 0.15) is 18.4 Å². The number of nitrogens with zero attached hydrogens (tertiary/aromatic N) is 2. The molecule has 1 saturated heterocycles. The molecular weight excluding hydrogens is 234 g/mol. The van der Waals surface area contributed by atoms with Crippen molar-refractivity contribution in [1.29, 1.82) is 0 Å². The minimum absolute atomic E-state index is 0.706. The van der Waals surface area contributed by atoms with Gasteiger partial charge in [-0.2, -0.15) is 0 Å². The van der Waals surface area contributed by atoms with Gasteiger partial charge in [-0.3, -0.25) is 0 Å². The fraction of sp³-hybridized carbons (Fsp3) is 0.375. The molecule has 1 aromatic heterocycles. The molecule has 1 fully saturated rings. The molecule has 0 atom stereocenters. The van der Waals surface area contributed by atoms with Crippen molar-refractivity contribution < 1.29 is 0 Å². The molecule has 100 valence electrons. The monoisotopic (exact) mass is 255 g/mol. The Bertz CT molecular complexity index is 521. The standard InChI is InChI=1S/C16H21N3/c17-9-7-14-8-12-19(13-14)16-5-3-15(4-6-16)18-10-1-2-11-18/h3-6,8,12-13H,1-2,7,9-11,17H2. The van der Waals surface area contributed by atoms with Crippen LogP contribution in [-0.2, 0) is 6.42 Å². The average Bonchev–Trinajstić information content (AvgIpc) is 3.10. The van der Waals surface area contributed by atoms with Crippen LogP contribution in [0.25, 0.3) is 5.69 Å². The summed E-state index contributed by atoms with van der Waals surface area (Å²) in [4.78, 5) is 2.46. The summed E-state index contributed by atoms with van der Waals surface area (Å²) in [5, 5.41) is 0. The quantitative estimate of drug-likeness (QED) is 0.911. The summed E-state index contributed by atoms with van der Waals surface area (Å²) in [5.74, 6) is 0. The van der Waals surface area contributed by atoms with Crippen molar-refractivity contribution in [2.75, 3.05) is 24.5 Å². The number of rotatable bonds is 4. The molecule has 3 heteroatoms. The smallest absolute Gasteiger partial charge is 0.0450 e. The van der Waals surface area contributed by atoms with Crippen molar-refractivity contribution in [1.82, 2.24) is 4.57 Å². The second-order valence-electron chi connectivity index (χ2n) is 5.18. The Morgan fingerprint density at radius 2 is 1.63 bits per heavy atom. The molecule has 2 N–H and O–H groups in total. The zero-order valence-electron chi connectivity index (χ0n) is 11.3. The van der Waals surface area contributed by atoms with Gasteiger partial charge >= 0.3 is 0 Å². The Kier molecular flexibility index (Phi) is 3.56. The Labute approximate surface area is 114 Å². The normalized spacial score (nSPS) is 15.1. The van der Waals surface area contributed by atoms with E-state index in [-0.39, 0.29) is 0 Å². The molecule has 0 saturated carbocycles. The molecular formula is C16H21N3. The lowest BCUT2D eigenvalue weighted by molar-refractivity contribution is 0.949. The molecule has 0 bridgehead atoms. The Balaban J connectivity index is 1.77. The fourth-order valence-corrected chi connectivity index (χ4v) is 2.73. The van der Waals surface area contributed by atoms with Gasteiger partial charge in [-0.1, -0.05) is 0 Å². The van der Waals surface area contributed by atoms with Gasteiger partial charge in [0.2, 0.25) is 0 Å². The maximum atomic E-state index is 5.58. The number of hydrogen-bond donors (Lipinski definition) is 1. The molecule has 1 aromatic carbocycles. The Morgan fingerprint density at radius 1 is 0.947 bits per heavy atom. The second-order valence-corrected chi connectivity index (χ2v) is 5.18. The first-order valence-electron chi connectivity index (χ1n) is 7.09. The highest BCUT2D eigenvalue weighted by atomic mass is 15.1. The van der Waals surface area contributed by atoms with Gasteiger partial charge in [0.25, 0.3) is 0 Å². The number of nitrogens with two attached hydrogens (primary N) is 1. The van der Waals surface area contributed by atoms with Crippen LogP contribution < -0.4 is 10.6 Å². The van der Waals surface area contributed by atoms with Gasteiger partial charge in [0, 0.05) is 36.9 Å². The van der Waals surface area contributed by atoms with E-state index in [0.29, 0.717) is 6.54 Å². The topological polar surface area (TPSA) is 34.2 Å². The summed E-state index contributed by atoms with van der Waals surface area (Å²) < 4.78 is 2.17. The molecule has 0 aliphatic carbocycles. The molecule has 19 heavy (non-hydrogen) atoms. The third kappa shape index (κ3) is 2.66. The van der Waals surface area contributed by atoms with E-state index < -0.39 is 0 Å². The number of aromatic nitrogens is 1. The van der Waals surface area contributed by atoms with Crippen LogP contribution in [0.2, 0.25) is 0 Å². The van der Waals surface area contributed by atoms with E-state index >= 15 is 0 Å². The second kappa shape index (κ2) is 5.49. The van der Waals surface area contributed by atoms with Crippen LogP contribution >= 0.6 is 0 Å². The lowest BCUT2D eigenvalue weighted by Gasteiger charge is -2.17.